The molecule has 1 rings (SSSR count). The predicted octanol–water partition coefficient (Wildman–Crippen LogP) is 2.86. The summed E-state index contributed by atoms with van der Waals surface area (Å²) in [4.78, 5) is 0. The molecule has 1 saturated carbocycles. The third-order valence-corrected chi connectivity index (χ3v) is 3.87. The summed E-state index contributed by atoms with van der Waals surface area (Å²) in [6, 6.07) is 0.0680. The number of hydrogen-bond donors (Lipinski definition) is 1. The van der Waals surface area contributed by atoms with Crippen molar-refractivity contribution in [1.82, 2.24) is 0 Å². The van der Waals surface area contributed by atoms with Crippen molar-refractivity contribution in [2.75, 3.05) is 6.61 Å². The van der Waals surface area contributed by atoms with Gasteiger partial charge in [-0.2, -0.15) is 13.2 Å². The summed E-state index contributed by atoms with van der Waals surface area (Å²) in [5.41, 5.74) is 5.82. The van der Waals surface area contributed by atoms with E-state index in [2.05, 4.69) is 0 Å². The van der Waals surface area contributed by atoms with Gasteiger partial charge in [-0.15, -0.1) is 0 Å². The Morgan fingerprint density at radius 3 is 2.25 bits per heavy atom. The van der Waals surface area contributed by atoms with Gasteiger partial charge in [0.05, 0.1) is 19.1 Å². The molecule has 5 heteroatoms. The van der Waals surface area contributed by atoms with Crippen LogP contribution in [0.4, 0.5) is 13.2 Å². The summed E-state index contributed by atoms with van der Waals surface area (Å²) in [7, 11) is 0. The Kier molecular flexibility index (Phi) is 4.23. The van der Waals surface area contributed by atoms with Crippen molar-refractivity contribution in [2.45, 2.75) is 57.9 Å². The van der Waals surface area contributed by atoms with Gasteiger partial charge < -0.3 is 10.5 Å². The molecular formula is C11H20F3NO. The Balaban J connectivity index is 2.39. The van der Waals surface area contributed by atoms with Crippen molar-refractivity contribution in [3.63, 3.8) is 0 Å². The number of hydrogen-bond acceptors (Lipinski definition) is 2. The van der Waals surface area contributed by atoms with Gasteiger partial charge in [0.1, 0.15) is 0 Å². The minimum Gasteiger partial charge on any atom is -0.377 e. The van der Waals surface area contributed by atoms with E-state index in [9.17, 15) is 13.2 Å². The second-order valence-electron chi connectivity index (χ2n) is 4.51. The van der Waals surface area contributed by atoms with E-state index in [1.165, 1.54) is 0 Å². The van der Waals surface area contributed by atoms with E-state index in [4.69, 9.17) is 10.5 Å². The molecule has 0 radical (unpaired) electrons. The molecule has 16 heavy (non-hydrogen) atoms. The van der Waals surface area contributed by atoms with Crippen LogP contribution < -0.4 is 5.73 Å². The average molecular weight is 239 g/mol. The van der Waals surface area contributed by atoms with E-state index in [1.807, 2.05) is 13.8 Å². The van der Waals surface area contributed by atoms with Crippen molar-refractivity contribution in [3.8, 4) is 0 Å². The van der Waals surface area contributed by atoms with Gasteiger partial charge in [-0.1, -0.05) is 13.8 Å². The Labute approximate surface area is 94.3 Å². The van der Waals surface area contributed by atoms with Gasteiger partial charge in [-0.25, -0.2) is 0 Å². The summed E-state index contributed by atoms with van der Waals surface area (Å²) < 4.78 is 41.2. The average Bonchev–Trinajstić information content (AvgIpc) is 2.17. The molecule has 0 amide bonds. The highest BCUT2D eigenvalue weighted by Crippen LogP contribution is 2.47. The summed E-state index contributed by atoms with van der Waals surface area (Å²) in [5.74, 6) is 0. The van der Waals surface area contributed by atoms with E-state index in [0.717, 1.165) is 12.8 Å². The van der Waals surface area contributed by atoms with Crippen molar-refractivity contribution in [2.24, 2.45) is 11.1 Å². The molecule has 2 unspecified atom stereocenters. The Bertz CT molecular complexity index is 226. The summed E-state index contributed by atoms with van der Waals surface area (Å²) in [6.07, 6.45) is -2.70. The van der Waals surface area contributed by atoms with Crippen LogP contribution in [-0.2, 0) is 4.74 Å². The Hall–Kier alpha value is -0.290. The van der Waals surface area contributed by atoms with Gasteiger partial charge in [0.2, 0.25) is 0 Å². The molecule has 2 N–H and O–H groups in total. The molecule has 0 spiro atoms. The van der Waals surface area contributed by atoms with Crippen LogP contribution in [0, 0.1) is 5.41 Å². The molecule has 1 fully saturated rings. The van der Waals surface area contributed by atoms with E-state index in [0.29, 0.717) is 6.42 Å². The second-order valence-corrected chi connectivity index (χ2v) is 4.51. The van der Waals surface area contributed by atoms with Crippen molar-refractivity contribution < 1.29 is 17.9 Å². The van der Waals surface area contributed by atoms with Crippen LogP contribution in [0.5, 0.6) is 0 Å². The Morgan fingerprint density at radius 2 is 1.88 bits per heavy atom. The van der Waals surface area contributed by atoms with Crippen molar-refractivity contribution in [1.29, 1.82) is 0 Å². The van der Waals surface area contributed by atoms with Gasteiger partial charge in [0.15, 0.2) is 0 Å². The van der Waals surface area contributed by atoms with Crippen LogP contribution in [0.2, 0.25) is 0 Å². The van der Waals surface area contributed by atoms with E-state index < -0.39 is 12.6 Å². The first-order chi connectivity index (χ1) is 7.35. The number of rotatable bonds is 5. The third-order valence-electron chi connectivity index (χ3n) is 3.87. The highest BCUT2D eigenvalue weighted by molar-refractivity contribution is 5.05. The topological polar surface area (TPSA) is 35.2 Å². The van der Waals surface area contributed by atoms with Crippen molar-refractivity contribution >= 4 is 0 Å². The predicted molar refractivity (Wildman–Crippen MR) is 56.0 cm³/mol. The zero-order chi connectivity index (χ0) is 12.4. The minimum absolute atomic E-state index is 0.0680. The SMILES string of the molecule is CCC1(CC)C(N)CC1OCCC(F)(F)F. The summed E-state index contributed by atoms with van der Waals surface area (Å²) in [6.45, 7) is 3.79. The van der Waals surface area contributed by atoms with Gasteiger partial charge in [0, 0.05) is 11.5 Å². The number of halogens is 3. The first kappa shape index (κ1) is 13.8. The molecule has 0 aliphatic heterocycles. The van der Waals surface area contributed by atoms with Gasteiger partial charge in [-0.05, 0) is 19.3 Å². The lowest BCUT2D eigenvalue weighted by Gasteiger charge is -2.53. The van der Waals surface area contributed by atoms with Crippen LogP contribution in [0.3, 0.4) is 0 Å². The zero-order valence-electron chi connectivity index (χ0n) is 9.81. The fourth-order valence-corrected chi connectivity index (χ4v) is 2.56. The lowest BCUT2D eigenvalue weighted by atomic mass is 9.59. The lowest BCUT2D eigenvalue weighted by Crippen LogP contribution is -2.61. The highest BCUT2D eigenvalue weighted by atomic mass is 19.4. The van der Waals surface area contributed by atoms with Gasteiger partial charge in [0.25, 0.3) is 0 Å². The molecule has 0 saturated heterocycles. The third kappa shape index (κ3) is 2.69. The highest BCUT2D eigenvalue weighted by Gasteiger charge is 2.51. The molecular weight excluding hydrogens is 219 g/mol. The summed E-state index contributed by atoms with van der Waals surface area (Å²) >= 11 is 0. The first-order valence-corrected chi connectivity index (χ1v) is 5.79. The molecule has 1 aliphatic carbocycles. The second kappa shape index (κ2) is 4.92. The maximum atomic E-state index is 12.0. The van der Waals surface area contributed by atoms with E-state index in [-0.39, 0.29) is 24.2 Å². The fraction of sp³-hybridized carbons (Fsp3) is 1.00. The van der Waals surface area contributed by atoms with Crippen LogP contribution >= 0.6 is 0 Å². The molecule has 0 aromatic rings. The quantitative estimate of drug-likeness (QED) is 0.800. The maximum absolute atomic E-state index is 12.0. The van der Waals surface area contributed by atoms with Crippen LogP contribution in [0.1, 0.15) is 39.5 Å². The fourth-order valence-electron chi connectivity index (χ4n) is 2.56. The maximum Gasteiger partial charge on any atom is 0.391 e. The molecule has 2 nitrogen and oxygen atoms in total. The summed E-state index contributed by atoms with van der Waals surface area (Å²) in [5, 5.41) is 0. The van der Waals surface area contributed by atoms with Crippen LogP contribution in [-0.4, -0.2) is 24.9 Å². The molecule has 1 aliphatic rings. The largest absolute Gasteiger partial charge is 0.391 e. The zero-order valence-corrected chi connectivity index (χ0v) is 9.81. The minimum atomic E-state index is -4.13. The smallest absolute Gasteiger partial charge is 0.377 e. The number of alkyl halides is 3. The lowest BCUT2D eigenvalue weighted by molar-refractivity contribution is -0.175. The first-order valence-electron chi connectivity index (χ1n) is 5.79. The standard InChI is InChI=1S/C11H20F3NO/c1-3-10(4-2)8(15)7-9(10)16-6-5-11(12,13)14/h8-9H,3-7,15H2,1-2H3. The molecule has 96 valence electrons. The Morgan fingerprint density at radius 1 is 1.31 bits per heavy atom. The van der Waals surface area contributed by atoms with Crippen LogP contribution in [0.15, 0.2) is 0 Å². The molecule has 2 atom stereocenters. The molecule has 0 aromatic carbocycles. The van der Waals surface area contributed by atoms with Gasteiger partial charge >= 0.3 is 6.18 Å². The molecule has 0 aromatic heterocycles. The number of nitrogens with two attached hydrogens (primary N) is 1. The van der Waals surface area contributed by atoms with Crippen LogP contribution in [0.25, 0.3) is 0 Å². The monoisotopic (exact) mass is 239 g/mol. The van der Waals surface area contributed by atoms with Gasteiger partial charge in [-0.3, -0.25) is 0 Å². The van der Waals surface area contributed by atoms with E-state index >= 15 is 0 Å². The van der Waals surface area contributed by atoms with E-state index in [1.54, 1.807) is 0 Å². The molecule has 0 bridgehead atoms. The number of ether oxygens (including phenoxy) is 1. The normalized spacial score (nSPS) is 28.9. The molecule has 0 heterocycles. The van der Waals surface area contributed by atoms with Crippen molar-refractivity contribution in [3.05, 3.63) is 0 Å².